The molecule has 0 saturated carbocycles. The summed E-state index contributed by atoms with van der Waals surface area (Å²) in [5.41, 5.74) is 2.41. The quantitative estimate of drug-likeness (QED) is 0.544. The van der Waals surface area contributed by atoms with E-state index in [0.717, 1.165) is 44.0 Å². The van der Waals surface area contributed by atoms with Crippen molar-refractivity contribution >= 4 is 5.96 Å². The third-order valence-electron chi connectivity index (χ3n) is 3.47. The number of rotatable bonds is 7. The van der Waals surface area contributed by atoms with Gasteiger partial charge in [-0.25, -0.2) is 0 Å². The van der Waals surface area contributed by atoms with Gasteiger partial charge in [0.25, 0.3) is 0 Å². The van der Waals surface area contributed by atoms with Gasteiger partial charge in [-0.05, 0) is 43.0 Å². The zero-order valence-electron chi connectivity index (χ0n) is 13.6. The van der Waals surface area contributed by atoms with Gasteiger partial charge in [-0.15, -0.1) is 0 Å². The standard InChI is InChI=1S/C19H25N3O/c1-2-20-19(21-13-11-16-7-4-3-5-8-16)22-14-12-17-9-6-10-18(23)15-17/h3-10,15,23H,2,11-14H2,1H3,(H2,20,21,22). The van der Waals surface area contributed by atoms with Crippen LogP contribution < -0.4 is 10.6 Å². The Kier molecular flexibility index (Phi) is 6.98. The maximum absolute atomic E-state index is 9.47. The summed E-state index contributed by atoms with van der Waals surface area (Å²) in [7, 11) is 0. The molecule has 0 radical (unpaired) electrons. The number of hydrogen-bond acceptors (Lipinski definition) is 2. The lowest BCUT2D eigenvalue weighted by molar-refractivity contribution is 0.474. The summed E-state index contributed by atoms with van der Waals surface area (Å²) in [6.45, 7) is 4.43. The van der Waals surface area contributed by atoms with Gasteiger partial charge < -0.3 is 15.7 Å². The van der Waals surface area contributed by atoms with E-state index >= 15 is 0 Å². The topological polar surface area (TPSA) is 56.7 Å². The minimum absolute atomic E-state index is 0.311. The average Bonchev–Trinajstić information content (AvgIpc) is 2.56. The van der Waals surface area contributed by atoms with E-state index in [9.17, 15) is 5.11 Å². The average molecular weight is 311 g/mol. The van der Waals surface area contributed by atoms with Crippen molar-refractivity contribution in [1.29, 1.82) is 0 Å². The van der Waals surface area contributed by atoms with Gasteiger partial charge >= 0.3 is 0 Å². The number of phenols is 1. The van der Waals surface area contributed by atoms with Crippen LogP contribution in [-0.4, -0.2) is 30.7 Å². The molecule has 0 amide bonds. The molecular weight excluding hydrogens is 286 g/mol. The number of phenolic OH excluding ortho intramolecular Hbond substituents is 1. The van der Waals surface area contributed by atoms with Crippen molar-refractivity contribution < 1.29 is 5.11 Å². The van der Waals surface area contributed by atoms with Crippen LogP contribution in [0.3, 0.4) is 0 Å². The minimum atomic E-state index is 0.311. The molecule has 0 unspecified atom stereocenters. The van der Waals surface area contributed by atoms with Crippen LogP contribution >= 0.6 is 0 Å². The molecule has 0 heterocycles. The number of hydrogen-bond donors (Lipinski definition) is 3. The molecule has 0 spiro atoms. The summed E-state index contributed by atoms with van der Waals surface area (Å²) in [4.78, 5) is 4.60. The van der Waals surface area contributed by atoms with Gasteiger partial charge in [0.2, 0.25) is 0 Å². The van der Waals surface area contributed by atoms with Crippen molar-refractivity contribution in [2.75, 3.05) is 19.6 Å². The Balaban J connectivity index is 1.79. The molecule has 0 atom stereocenters. The van der Waals surface area contributed by atoms with Gasteiger partial charge in [-0.2, -0.15) is 0 Å². The van der Waals surface area contributed by atoms with Crippen molar-refractivity contribution in [3.8, 4) is 5.75 Å². The second-order valence-corrected chi connectivity index (χ2v) is 5.34. The molecule has 0 aliphatic rings. The van der Waals surface area contributed by atoms with E-state index in [2.05, 4.69) is 46.8 Å². The normalized spacial score (nSPS) is 11.3. The van der Waals surface area contributed by atoms with Crippen LogP contribution in [0.2, 0.25) is 0 Å². The second kappa shape index (κ2) is 9.51. The van der Waals surface area contributed by atoms with Gasteiger partial charge in [0.05, 0.1) is 0 Å². The molecule has 2 aromatic carbocycles. The van der Waals surface area contributed by atoms with Crippen LogP contribution in [0.1, 0.15) is 18.1 Å². The first-order valence-electron chi connectivity index (χ1n) is 8.12. The monoisotopic (exact) mass is 311 g/mol. The maximum atomic E-state index is 9.47. The molecular formula is C19H25N3O. The van der Waals surface area contributed by atoms with Crippen molar-refractivity contribution in [3.63, 3.8) is 0 Å². The number of guanidine groups is 1. The molecule has 0 fully saturated rings. The SMILES string of the molecule is CCNC(=NCCc1ccccc1)NCCc1cccc(O)c1. The fraction of sp³-hybridized carbons (Fsp3) is 0.316. The molecule has 0 saturated heterocycles. The molecule has 0 aliphatic heterocycles. The van der Waals surface area contributed by atoms with Gasteiger partial charge in [0, 0.05) is 19.6 Å². The van der Waals surface area contributed by atoms with Crippen molar-refractivity contribution in [1.82, 2.24) is 10.6 Å². The third-order valence-corrected chi connectivity index (χ3v) is 3.47. The number of nitrogens with one attached hydrogen (secondary N) is 2. The van der Waals surface area contributed by atoms with Crippen LogP contribution in [-0.2, 0) is 12.8 Å². The summed E-state index contributed by atoms with van der Waals surface area (Å²) in [5.74, 6) is 1.15. The Morgan fingerprint density at radius 2 is 1.74 bits per heavy atom. The molecule has 0 bridgehead atoms. The highest BCUT2D eigenvalue weighted by molar-refractivity contribution is 5.79. The zero-order chi connectivity index (χ0) is 16.3. The molecule has 122 valence electrons. The first kappa shape index (κ1) is 16.9. The largest absolute Gasteiger partial charge is 0.508 e. The first-order valence-corrected chi connectivity index (χ1v) is 8.12. The van der Waals surface area contributed by atoms with Crippen LogP contribution in [0.4, 0.5) is 0 Å². The van der Waals surface area contributed by atoms with E-state index in [-0.39, 0.29) is 0 Å². The second-order valence-electron chi connectivity index (χ2n) is 5.34. The van der Waals surface area contributed by atoms with E-state index in [1.807, 2.05) is 18.2 Å². The van der Waals surface area contributed by atoms with Gasteiger partial charge in [0.15, 0.2) is 5.96 Å². The summed E-state index contributed by atoms with van der Waals surface area (Å²) in [5, 5.41) is 16.1. The van der Waals surface area contributed by atoms with Gasteiger partial charge in [-0.3, -0.25) is 4.99 Å². The fourth-order valence-corrected chi connectivity index (χ4v) is 2.32. The number of nitrogens with zero attached hydrogens (tertiary/aromatic N) is 1. The molecule has 0 aromatic heterocycles. The maximum Gasteiger partial charge on any atom is 0.191 e. The zero-order valence-corrected chi connectivity index (χ0v) is 13.6. The van der Waals surface area contributed by atoms with Crippen molar-refractivity contribution in [2.45, 2.75) is 19.8 Å². The molecule has 4 heteroatoms. The highest BCUT2D eigenvalue weighted by atomic mass is 16.3. The Bertz CT molecular complexity index is 611. The number of aliphatic imine (C=N–C) groups is 1. The highest BCUT2D eigenvalue weighted by Crippen LogP contribution is 2.10. The Morgan fingerprint density at radius 1 is 0.957 bits per heavy atom. The third kappa shape index (κ3) is 6.43. The van der Waals surface area contributed by atoms with E-state index in [1.165, 1.54) is 5.56 Å². The van der Waals surface area contributed by atoms with Crippen LogP contribution in [0.25, 0.3) is 0 Å². The van der Waals surface area contributed by atoms with Crippen LogP contribution in [0.15, 0.2) is 59.6 Å². The number of benzene rings is 2. The summed E-state index contributed by atoms with van der Waals surface area (Å²) >= 11 is 0. The Hall–Kier alpha value is -2.49. The highest BCUT2D eigenvalue weighted by Gasteiger charge is 1.99. The van der Waals surface area contributed by atoms with Gasteiger partial charge in [0.1, 0.15) is 5.75 Å². The van der Waals surface area contributed by atoms with Crippen LogP contribution in [0, 0.1) is 0 Å². The van der Waals surface area contributed by atoms with E-state index < -0.39 is 0 Å². The molecule has 2 rings (SSSR count). The number of aromatic hydroxyl groups is 1. The molecule has 3 N–H and O–H groups in total. The van der Waals surface area contributed by atoms with E-state index in [4.69, 9.17) is 0 Å². The first-order chi connectivity index (χ1) is 11.3. The predicted molar refractivity (Wildman–Crippen MR) is 95.9 cm³/mol. The minimum Gasteiger partial charge on any atom is -0.508 e. The van der Waals surface area contributed by atoms with Crippen LogP contribution in [0.5, 0.6) is 5.75 Å². The Morgan fingerprint density at radius 3 is 2.48 bits per heavy atom. The smallest absolute Gasteiger partial charge is 0.191 e. The lowest BCUT2D eigenvalue weighted by Gasteiger charge is -2.11. The fourth-order valence-electron chi connectivity index (χ4n) is 2.32. The van der Waals surface area contributed by atoms with Crippen molar-refractivity contribution in [2.24, 2.45) is 4.99 Å². The van der Waals surface area contributed by atoms with E-state index in [0.29, 0.717) is 5.75 Å². The summed E-state index contributed by atoms with van der Waals surface area (Å²) < 4.78 is 0. The summed E-state index contributed by atoms with van der Waals surface area (Å²) in [6.07, 6.45) is 1.78. The summed E-state index contributed by atoms with van der Waals surface area (Å²) in [6, 6.07) is 17.7. The molecule has 2 aromatic rings. The molecule has 0 aliphatic carbocycles. The van der Waals surface area contributed by atoms with E-state index in [1.54, 1.807) is 12.1 Å². The molecule has 4 nitrogen and oxygen atoms in total. The molecule has 23 heavy (non-hydrogen) atoms. The van der Waals surface area contributed by atoms with Gasteiger partial charge in [-0.1, -0.05) is 42.5 Å². The Labute approximate surface area is 138 Å². The lowest BCUT2D eigenvalue weighted by atomic mass is 10.1. The lowest BCUT2D eigenvalue weighted by Crippen LogP contribution is -2.38. The van der Waals surface area contributed by atoms with Crippen molar-refractivity contribution in [3.05, 3.63) is 65.7 Å². The predicted octanol–water partition coefficient (Wildman–Crippen LogP) is 2.73.